The molecule has 0 atom stereocenters. The van der Waals surface area contributed by atoms with Crippen LogP contribution in [0, 0.1) is 11.3 Å². The lowest BCUT2D eigenvalue weighted by atomic mass is 10.1. The molecule has 0 saturated carbocycles. The molecular weight excluding hydrogens is 216 g/mol. The molecule has 86 valence electrons. The summed E-state index contributed by atoms with van der Waals surface area (Å²) in [5, 5.41) is 12.7. The third-order valence-electron chi connectivity index (χ3n) is 2.16. The van der Waals surface area contributed by atoms with E-state index in [1.54, 1.807) is 18.2 Å². The molecule has 17 heavy (non-hydrogen) atoms. The molecule has 5 nitrogen and oxygen atoms in total. The molecule has 0 unspecified atom stereocenters. The SMILES string of the molecule is CN(C)Cc1noc(-c2cccc(C#N)c2)n1. The minimum Gasteiger partial charge on any atom is -0.334 e. The van der Waals surface area contributed by atoms with Gasteiger partial charge in [0.15, 0.2) is 5.82 Å². The van der Waals surface area contributed by atoms with Crippen LogP contribution in [0.25, 0.3) is 11.5 Å². The summed E-state index contributed by atoms with van der Waals surface area (Å²) in [6, 6.07) is 9.18. The summed E-state index contributed by atoms with van der Waals surface area (Å²) in [6.45, 7) is 0.626. The van der Waals surface area contributed by atoms with E-state index in [2.05, 4.69) is 16.2 Å². The van der Waals surface area contributed by atoms with Gasteiger partial charge in [-0.2, -0.15) is 10.2 Å². The molecule has 1 aromatic carbocycles. The van der Waals surface area contributed by atoms with Crippen LogP contribution in [0.4, 0.5) is 0 Å². The zero-order valence-corrected chi connectivity index (χ0v) is 9.71. The molecule has 0 N–H and O–H groups in total. The van der Waals surface area contributed by atoms with Crippen LogP contribution in [0.3, 0.4) is 0 Å². The van der Waals surface area contributed by atoms with Gasteiger partial charge in [0.1, 0.15) is 0 Å². The van der Waals surface area contributed by atoms with Crippen molar-refractivity contribution < 1.29 is 4.52 Å². The van der Waals surface area contributed by atoms with Crippen LogP contribution in [0.1, 0.15) is 11.4 Å². The van der Waals surface area contributed by atoms with Crippen molar-refractivity contribution in [3.8, 4) is 17.5 Å². The van der Waals surface area contributed by atoms with Gasteiger partial charge < -0.3 is 9.42 Å². The van der Waals surface area contributed by atoms with Crippen molar-refractivity contribution in [3.05, 3.63) is 35.7 Å². The molecule has 0 fully saturated rings. The average molecular weight is 228 g/mol. The molecule has 2 rings (SSSR count). The number of rotatable bonds is 3. The lowest BCUT2D eigenvalue weighted by Gasteiger charge is -2.03. The van der Waals surface area contributed by atoms with Gasteiger partial charge in [0.2, 0.25) is 0 Å². The number of aromatic nitrogens is 2. The van der Waals surface area contributed by atoms with E-state index in [4.69, 9.17) is 9.78 Å². The van der Waals surface area contributed by atoms with Crippen LogP contribution in [-0.2, 0) is 6.54 Å². The van der Waals surface area contributed by atoms with E-state index in [1.807, 2.05) is 25.1 Å². The van der Waals surface area contributed by atoms with Crippen LogP contribution in [0.2, 0.25) is 0 Å². The van der Waals surface area contributed by atoms with Crippen LogP contribution in [-0.4, -0.2) is 29.1 Å². The lowest BCUT2D eigenvalue weighted by Crippen LogP contribution is -2.11. The highest BCUT2D eigenvalue weighted by Gasteiger charge is 2.09. The zero-order chi connectivity index (χ0) is 12.3. The van der Waals surface area contributed by atoms with Crippen LogP contribution >= 0.6 is 0 Å². The lowest BCUT2D eigenvalue weighted by molar-refractivity contribution is 0.365. The fraction of sp³-hybridized carbons (Fsp3) is 0.250. The predicted molar refractivity (Wildman–Crippen MR) is 61.8 cm³/mol. The normalized spacial score (nSPS) is 10.5. The van der Waals surface area contributed by atoms with E-state index in [0.717, 1.165) is 5.56 Å². The Labute approximate surface area is 99.3 Å². The fourth-order valence-electron chi connectivity index (χ4n) is 1.44. The van der Waals surface area contributed by atoms with E-state index in [0.29, 0.717) is 23.8 Å². The summed E-state index contributed by atoms with van der Waals surface area (Å²) in [6.07, 6.45) is 0. The van der Waals surface area contributed by atoms with Crippen molar-refractivity contribution in [2.24, 2.45) is 0 Å². The van der Waals surface area contributed by atoms with Crippen LogP contribution in [0.15, 0.2) is 28.8 Å². The Balaban J connectivity index is 2.27. The summed E-state index contributed by atoms with van der Waals surface area (Å²) in [5.74, 6) is 1.08. The summed E-state index contributed by atoms with van der Waals surface area (Å²) in [4.78, 5) is 6.23. The van der Waals surface area contributed by atoms with Gasteiger partial charge in [0, 0.05) is 5.56 Å². The van der Waals surface area contributed by atoms with Crippen molar-refractivity contribution >= 4 is 0 Å². The number of hydrogen-bond acceptors (Lipinski definition) is 5. The molecule has 0 aliphatic rings. The zero-order valence-electron chi connectivity index (χ0n) is 9.71. The van der Waals surface area contributed by atoms with Crippen LogP contribution in [0.5, 0.6) is 0 Å². The van der Waals surface area contributed by atoms with Gasteiger partial charge in [0.25, 0.3) is 5.89 Å². The van der Waals surface area contributed by atoms with E-state index < -0.39 is 0 Å². The molecule has 0 spiro atoms. The Bertz CT molecular complexity index is 554. The van der Waals surface area contributed by atoms with Gasteiger partial charge in [-0.3, -0.25) is 0 Å². The molecule has 0 bridgehead atoms. The average Bonchev–Trinajstić information content (AvgIpc) is 2.77. The molecule has 0 saturated heterocycles. The largest absolute Gasteiger partial charge is 0.334 e. The standard InChI is InChI=1S/C12H12N4O/c1-16(2)8-11-14-12(17-15-11)10-5-3-4-9(6-10)7-13/h3-6H,8H2,1-2H3. The molecule has 0 amide bonds. The smallest absolute Gasteiger partial charge is 0.258 e. The molecule has 5 heteroatoms. The second-order valence-corrected chi connectivity index (χ2v) is 3.95. The third kappa shape index (κ3) is 2.68. The second kappa shape index (κ2) is 4.76. The first-order valence-corrected chi connectivity index (χ1v) is 5.17. The maximum absolute atomic E-state index is 8.81. The maximum atomic E-state index is 8.81. The Kier molecular flexibility index (Phi) is 3.17. The van der Waals surface area contributed by atoms with Gasteiger partial charge in [-0.05, 0) is 32.3 Å². The Morgan fingerprint density at radius 2 is 2.24 bits per heavy atom. The summed E-state index contributed by atoms with van der Waals surface area (Å²) in [7, 11) is 3.87. The topological polar surface area (TPSA) is 66.0 Å². The van der Waals surface area contributed by atoms with E-state index in [9.17, 15) is 0 Å². The Morgan fingerprint density at radius 3 is 2.94 bits per heavy atom. The first-order valence-electron chi connectivity index (χ1n) is 5.17. The predicted octanol–water partition coefficient (Wildman–Crippen LogP) is 1.67. The van der Waals surface area contributed by atoms with E-state index in [-0.39, 0.29) is 0 Å². The van der Waals surface area contributed by atoms with Gasteiger partial charge in [-0.1, -0.05) is 11.2 Å². The van der Waals surface area contributed by atoms with Crippen molar-refractivity contribution in [1.29, 1.82) is 5.26 Å². The van der Waals surface area contributed by atoms with E-state index in [1.165, 1.54) is 0 Å². The van der Waals surface area contributed by atoms with Gasteiger partial charge in [-0.15, -0.1) is 0 Å². The van der Waals surface area contributed by atoms with Gasteiger partial charge in [-0.25, -0.2) is 0 Å². The number of hydrogen-bond donors (Lipinski definition) is 0. The maximum Gasteiger partial charge on any atom is 0.258 e. The highest BCUT2D eigenvalue weighted by atomic mass is 16.5. The summed E-state index contributed by atoms with van der Waals surface area (Å²) < 4.78 is 5.15. The van der Waals surface area contributed by atoms with Crippen molar-refractivity contribution in [3.63, 3.8) is 0 Å². The highest BCUT2D eigenvalue weighted by molar-refractivity contribution is 5.55. The molecule has 1 aromatic heterocycles. The molecule has 0 radical (unpaired) electrons. The Morgan fingerprint density at radius 1 is 1.41 bits per heavy atom. The molecule has 2 aromatic rings. The quantitative estimate of drug-likeness (QED) is 0.799. The minimum absolute atomic E-state index is 0.443. The first kappa shape index (κ1) is 11.3. The van der Waals surface area contributed by atoms with E-state index >= 15 is 0 Å². The summed E-state index contributed by atoms with van der Waals surface area (Å²) >= 11 is 0. The number of benzene rings is 1. The Hall–Kier alpha value is -2.19. The first-order chi connectivity index (χ1) is 8.19. The second-order valence-electron chi connectivity index (χ2n) is 3.95. The van der Waals surface area contributed by atoms with Gasteiger partial charge >= 0.3 is 0 Å². The number of nitriles is 1. The summed E-state index contributed by atoms with van der Waals surface area (Å²) in [5.41, 5.74) is 1.34. The van der Waals surface area contributed by atoms with Gasteiger partial charge in [0.05, 0.1) is 18.2 Å². The monoisotopic (exact) mass is 228 g/mol. The fourth-order valence-corrected chi connectivity index (χ4v) is 1.44. The molecule has 0 aliphatic carbocycles. The molecule has 1 heterocycles. The van der Waals surface area contributed by atoms with Crippen molar-refractivity contribution in [2.45, 2.75) is 6.54 Å². The van der Waals surface area contributed by atoms with Crippen molar-refractivity contribution in [1.82, 2.24) is 15.0 Å². The third-order valence-corrected chi connectivity index (χ3v) is 2.16. The van der Waals surface area contributed by atoms with Crippen LogP contribution < -0.4 is 0 Å². The van der Waals surface area contributed by atoms with Crippen molar-refractivity contribution in [2.75, 3.05) is 14.1 Å². The highest BCUT2D eigenvalue weighted by Crippen LogP contribution is 2.18. The molecule has 0 aliphatic heterocycles. The number of nitrogens with zero attached hydrogens (tertiary/aromatic N) is 4. The minimum atomic E-state index is 0.443. The molecular formula is C12H12N4O.